The van der Waals surface area contributed by atoms with Gasteiger partial charge in [-0.15, -0.1) is 0 Å². The van der Waals surface area contributed by atoms with Crippen molar-refractivity contribution in [3.8, 4) is 5.75 Å². The number of halogens is 1. The molecule has 0 N–H and O–H groups in total. The van der Waals surface area contributed by atoms with Crippen molar-refractivity contribution in [2.45, 2.75) is 12.5 Å². The summed E-state index contributed by atoms with van der Waals surface area (Å²) in [4.78, 5) is 27.1. The van der Waals surface area contributed by atoms with E-state index in [0.29, 0.717) is 34.0 Å². The molecule has 6 nitrogen and oxygen atoms in total. The van der Waals surface area contributed by atoms with Crippen LogP contribution in [0.1, 0.15) is 17.0 Å². The molecule has 7 heteroatoms. The fourth-order valence-electron chi connectivity index (χ4n) is 3.42. The molecule has 1 heterocycles. The van der Waals surface area contributed by atoms with Crippen LogP contribution in [-0.4, -0.2) is 38.2 Å². The first kappa shape index (κ1) is 21.5. The lowest BCUT2D eigenvalue weighted by molar-refractivity contribution is -0.137. The summed E-state index contributed by atoms with van der Waals surface area (Å²) in [6, 6.07) is 14.6. The highest BCUT2D eigenvalue weighted by Gasteiger charge is 2.36. The van der Waals surface area contributed by atoms with Gasteiger partial charge in [0.2, 0.25) is 0 Å². The Morgan fingerprint density at radius 2 is 1.47 bits per heavy atom. The minimum atomic E-state index is -0.692. The molecule has 0 unspecified atom stereocenters. The van der Waals surface area contributed by atoms with E-state index in [1.165, 1.54) is 21.3 Å². The first-order valence-electron chi connectivity index (χ1n) is 9.21. The molecule has 156 valence electrons. The fraction of sp³-hybridized carbons (Fsp3) is 0.217. The number of hydrogen-bond donors (Lipinski definition) is 0. The van der Waals surface area contributed by atoms with Gasteiger partial charge in [-0.25, -0.2) is 9.59 Å². The highest BCUT2D eigenvalue weighted by molar-refractivity contribution is 6.30. The number of rotatable bonds is 6. The highest BCUT2D eigenvalue weighted by atomic mass is 35.5. The van der Waals surface area contributed by atoms with Crippen LogP contribution in [0.25, 0.3) is 0 Å². The van der Waals surface area contributed by atoms with Gasteiger partial charge in [0.1, 0.15) is 5.75 Å². The molecule has 0 saturated heterocycles. The Hall–Kier alpha value is -3.25. The average Bonchev–Trinajstić information content (AvgIpc) is 2.78. The number of benzene rings is 2. The second kappa shape index (κ2) is 9.50. The summed E-state index contributed by atoms with van der Waals surface area (Å²) in [5.41, 5.74) is 2.23. The maximum Gasteiger partial charge on any atom is 0.336 e. The minimum absolute atomic E-state index is 0.305. The molecule has 1 aliphatic heterocycles. The van der Waals surface area contributed by atoms with Crippen LogP contribution in [-0.2, 0) is 25.6 Å². The second-order valence-corrected chi connectivity index (χ2v) is 7.06. The van der Waals surface area contributed by atoms with Crippen molar-refractivity contribution in [2.24, 2.45) is 0 Å². The summed E-state index contributed by atoms with van der Waals surface area (Å²) >= 11 is 5.97. The SMILES string of the molecule is COC(=O)C1=CN(Cc2ccc(Cl)cc2)C=C(C(=O)OC)C1c1ccccc1OC. The van der Waals surface area contributed by atoms with E-state index < -0.39 is 17.9 Å². The molecule has 3 rings (SSSR count). The quantitative estimate of drug-likeness (QED) is 0.648. The zero-order valence-electron chi connectivity index (χ0n) is 16.9. The number of para-hydroxylation sites is 1. The lowest BCUT2D eigenvalue weighted by atomic mass is 9.82. The third-order valence-corrected chi connectivity index (χ3v) is 5.05. The summed E-state index contributed by atoms with van der Waals surface area (Å²) in [5.74, 6) is -1.22. The molecule has 0 atom stereocenters. The molecule has 0 radical (unpaired) electrons. The van der Waals surface area contributed by atoms with Gasteiger partial charge in [-0.2, -0.15) is 0 Å². The summed E-state index contributed by atoms with van der Waals surface area (Å²) in [5, 5.41) is 0.630. The van der Waals surface area contributed by atoms with Crippen LogP contribution in [0.5, 0.6) is 5.75 Å². The van der Waals surface area contributed by atoms with Crippen molar-refractivity contribution >= 4 is 23.5 Å². The van der Waals surface area contributed by atoms with Crippen molar-refractivity contribution in [1.82, 2.24) is 4.90 Å². The van der Waals surface area contributed by atoms with Crippen LogP contribution in [0.3, 0.4) is 0 Å². The third-order valence-electron chi connectivity index (χ3n) is 4.80. The Morgan fingerprint density at radius 1 is 0.900 bits per heavy atom. The van der Waals surface area contributed by atoms with E-state index in [2.05, 4.69) is 0 Å². The molecule has 1 aliphatic rings. The summed E-state index contributed by atoms with van der Waals surface area (Å²) in [7, 11) is 4.15. The summed E-state index contributed by atoms with van der Waals surface area (Å²) in [6.07, 6.45) is 3.37. The Morgan fingerprint density at radius 3 is 2.00 bits per heavy atom. The second-order valence-electron chi connectivity index (χ2n) is 6.63. The lowest BCUT2D eigenvalue weighted by Gasteiger charge is -2.30. The number of nitrogens with zero attached hydrogens (tertiary/aromatic N) is 1. The highest BCUT2D eigenvalue weighted by Crippen LogP contribution is 2.41. The number of carbonyl (C=O) groups excluding carboxylic acids is 2. The number of methoxy groups -OCH3 is 3. The van der Waals surface area contributed by atoms with Crippen molar-refractivity contribution in [3.05, 3.63) is 88.2 Å². The standard InChI is InChI=1S/C23H22ClNO5/c1-28-20-7-5-4-6-17(20)21-18(22(26)29-2)13-25(14-19(21)23(27)30-3)12-15-8-10-16(24)11-9-15/h4-11,13-14,21H,12H2,1-3H3. The molecular weight excluding hydrogens is 406 g/mol. The topological polar surface area (TPSA) is 65.1 Å². The van der Waals surface area contributed by atoms with Gasteiger partial charge in [0.05, 0.1) is 38.4 Å². The van der Waals surface area contributed by atoms with Gasteiger partial charge in [0.25, 0.3) is 0 Å². The number of ether oxygens (including phenoxy) is 3. The van der Waals surface area contributed by atoms with Gasteiger partial charge in [-0.05, 0) is 23.8 Å². The Balaban J connectivity index is 2.10. The first-order chi connectivity index (χ1) is 14.5. The van der Waals surface area contributed by atoms with Gasteiger partial charge in [-0.1, -0.05) is 41.9 Å². The third kappa shape index (κ3) is 4.49. The van der Waals surface area contributed by atoms with E-state index in [1.807, 2.05) is 30.3 Å². The van der Waals surface area contributed by atoms with Gasteiger partial charge >= 0.3 is 11.9 Å². The molecule has 0 fully saturated rings. The normalized spacial score (nSPS) is 13.9. The van der Waals surface area contributed by atoms with Crippen molar-refractivity contribution < 1.29 is 23.8 Å². The van der Waals surface area contributed by atoms with Crippen molar-refractivity contribution in [3.63, 3.8) is 0 Å². The zero-order chi connectivity index (χ0) is 21.7. The molecule has 0 bridgehead atoms. The van der Waals surface area contributed by atoms with Gasteiger partial charge in [0.15, 0.2) is 0 Å². The Kier molecular flexibility index (Phi) is 6.79. The van der Waals surface area contributed by atoms with Gasteiger partial charge < -0.3 is 19.1 Å². The summed E-state index contributed by atoms with van der Waals surface area (Å²) < 4.78 is 15.5. The molecule has 0 aliphatic carbocycles. The zero-order valence-corrected chi connectivity index (χ0v) is 17.7. The van der Waals surface area contributed by atoms with E-state index >= 15 is 0 Å². The monoisotopic (exact) mass is 427 g/mol. The van der Waals surface area contributed by atoms with Crippen molar-refractivity contribution in [2.75, 3.05) is 21.3 Å². The van der Waals surface area contributed by atoms with E-state index in [1.54, 1.807) is 35.5 Å². The van der Waals surface area contributed by atoms with Crippen LogP contribution < -0.4 is 4.74 Å². The van der Waals surface area contributed by atoms with Crippen LogP contribution in [0.15, 0.2) is 72.1 Å². The maximum atomic E-state index is 12.7. The molecule has 0 saturated carbocycles. The molecule has 2 aromatic rings. The Bertz CT molecular complexity index is 963. The maximum absolute atomic E-state index is 12.7. The predicted octanol–water partition coefficient (Wildman–Crippen LogP) is 4.06. The average molecular weight is 428 g/mol. The van der Waals surface area contributed by atoms with Gasteiger partial charge in [-0.3, -0.25) is 0 Å². The Labute approximate surface area is 180 Å². The molecular formula is C23H22ClNO5. The molecule has 2 aromatic carbocycles. The molecule has 0 amide bonds. The largest absolute Gasteiger partial charge is 0.496 e. The fourth-order valence-corrected chi connectivity index (χ4v) is 3.55. The first-order valence-corrected chi connectivity index (χ1v) is 9.59. The van der Waals surface area contributed by atoms with Crippen molar-refractivity contribution in [1.29, 1.82) is 0 Å². The van der Waals surface area contributed by atoms with Crippen LogP contribution in [0.2, 0.25) is 5.02 Å². The molecule has 30 heavy (non-hydrogen) atoms. The van der Waals surface area contributed by atoms with E-state index in [-0.39, 0.29) is 0 Å². The van der Waals surface area contributed by atoms with E-state index in [0.717, 1.165) is 5.56 Å². The number of esters is 2. The smallest absolute Gasteiger partial charge is 0.336 e. The predicted molar refractivity (Wildman–Crippen MR) is 113 cm³/mol. The number of hydrogen-bond acceptors (Lipinski definition) is 6. The molecule has 0 aromatic heterocycles. The van der Waals surface area contributed by atoms with Crippen LogP contribution in [0, 0.1) is 0 Å². The minimum Gasteiger partial charge on any atom is -0.496 e. The van der Waals surface area contributed by atoms with Crippen LogP contribution >= 0.6 is 11.6 Å². The lowest BCUT2D eigenvalue weighted by Crippen LogP contribution is -2.28. The number of carbonyl (C=O) groups is 2. The van der Waals surface area contributed by atoms with E-state index in [9.17, 15) is 9.59 Å². The van der Waals surface area contributed by atoms with Gasteiger partial charge in [0, 0.05) is 29.5 Å². The van der Waals surface area contributed by atoms with E-state index in [4.69, 9.17) is 25.8 Å². The molecule has 0 spiro atoms. The van der Waals surface area contributed by atoms with Crippen LogP contribution in [0.4, 0.5) is 0 Å². The summed E-state index contributed by atoms with van der Waals surface area (Å²) in [6.45, 7) is 0.427.